The molecule has 0 saturated carbocycles. The second-order valence-corrected chi connectivity index (χ2v) is 7.45. The minimum atomic E-state index is -5.81. The first-order valence-electron chi connectivity index (χ1n) is 7.66. The van der Waals surface area contributed by atoms with Gasteiger partial charge in [0.05, 0.1) is 5.71 Å². The summed E-state index contributed by atoms with van der Waals surface area (Å²) in [5, 5.41) is 4.29. The molecule has 1 N–H and O–H groups in total. The lowest BCUT2D eigenvalue weighted by molar-refractivity contribution is -0.136. The zero-order valence-corrected chi connectivity index (χ0v) is 16.1. The molecule has 0 radical (unpaired) electrons. The monoisotopic (exact) mass is 448 g/mol. The summed E-state index contributed by atoms with van der Waals surface area (Å²) in [6.45, 7) is 1.04. The quantitative estimate of drug-likeness (QED) is 0.240. The molecule has 2 aromatic carbocycles. The Labute approximate surface area is 168 Å². The highest BCUT2D eigenvalue weighted by Gasteiger charge is 2.48. The van der Waals surface area contributed by atoms with E-state index in [1.165, 1.54) is 24.3 Å². The first-order valence-corrected chi connectivity index (χ1v) is 9.45. The maximum atomic E-state index is 12.4. The first-order chi connectivity index (χ1) is 13.4. The van der Waals surface area contributed by atoms with Crippen LogP contribution in [0.5, 0.6) is 5.75 Å². The number of hydrogen-bond donors (Lipinski definition) is 1. The molecule has 0 aliphatic rings. The summed E-state index contributed by atoms with van der Waals surface area (Å²) in [4.78, 5) is 22.6. The Balaban J connectivity index is 2.38. The molecule has 1 amide bonds. The van der Waals surface area contributed by atoms with Crippen LogP contribution < -0.4 is 9.61 Å². The van der Waals surface area contributed by atoms with Gasteiger partial charge in [0.15, 0.2) is 0 Å². The standard InChI is InChI=1S/C17H12ClF3N2O5S/c1-10(24)16(25)23-22-15(11-2-6-13(18)7-3-11)12-4-8-14(9-5-12)28-29(26,27)17(19,20)21/h2-9H,1H3,(H,23,25)/b22-15-. The Morgan fingerprint density at radius 3 is 1.93 bits per heavy atom. The molecule has 154 valence electrons. The molecule has 0 heterocycles. The molecule has 7 nitrogen and oxygen atoms in total. The van der Waals surface area contributed by atoms with E-state index >= 15 is 0 Å². The van der Waals surface area contributed by atoms with Gasteiger partial charge in [-0.05, 0) is 36.4 Å². The number of Topliss-reactive ketones (excluding diaryl/α,β-unsaturated/α-hetero) is 1. The number of halogens is 4. The van der Waals surface area contributed by atoms with Crippen LogP contribution in [0.3, 0.4) is 0 Å². The summed E-state index contributed by atoms with van der Waals surface area (Å²) in [7, 11) is -5.81. The molecular weight excluding hydrogens is 437 g/mol. The zero-order valence-electron chi connectivity index (χ0n) is 14.5. The fourth-order valence-corrected chi connectivity index (χ4v) is 2.52. The molecule has 2 rings (SSSR count). The second kappa shape index (κ2) is 8.62. The van der Waals surface area contributed by atoms with Gasteiger partial charge in [0, 0.05) is 23.1 Å². The average Bonchev–Trinajstić information content (AvgIpc) is 2.63. The summed E-state index contributed by atoms with van der Waals surface area (Å²) in [5.74, 6) is -2.34. The summed E-state index contributed by atoms with van der Waals surface area (Å²) in [5.41, 5.74) is -2.63. The van der Waals surface area contributed by atoms with Crippen LogP contribution in [0.15, 0.2) is 53.6 Å². The average molecular weight is 449 g/mol. The number of amides is 1. The fourth-order valence-electron chi connectivity index (χ4n) is 1.93. The third-order valence-electron chi connectivity index (χ3n) is 3.32. The van der Waals surface area contributed by atoms with Crippen LogP contribution in [0.2, 0.25) is 5.02 Å². The number of alkyl halides is 3. The molecule has 0 bridgehead atoms. The molecule has 0 aromatic heterocycles. The van der Waals surface area contributed by atoms with Crippen molar-refractivity contribution in [2.75, 3.05) is 0 Å². The second-order valence-electron chi connectivity index (χ2n) is 5.47. The van der Waals surface area contributed by atoms with Crippen molar-refractivity contribution >= 4 is 39.1 Å². The summed E-state index contributed by atoms with van der Waals surface area (Å²) in [6.07, 6.45) is 0. The Morgan fingerprint density at radius 2 is 1.48 bits per heavy atom. The van der Waals surface area contributed by atoms with Gasteiger partial charge in [-0.1, -0.05) is 23.7 Å². The SMILES string of the molecule is CC(=O)C(=O)N/N=C(/c1ccc(Cl)cc1)c1ccc(OS(=O)(=O)C(F)(F)F)cc1. The third kappa shape index (κ3) is 5.78. The molecule has 0 atom stereocenters. The van der Waals surface area contributed by atoms with Crippen LogP contribution in [-0.2, 0) is 19.7 Å². The smallest absolute Gasteiger partial charge is 0.376 e. The highest BCUT2D eigenvalue weighted by molar-refractivity contribution is 7.88. The number of benzene rings is 2. The Morgan fingerprint density at radius 1 is 1.00 bits per heavy atom. The molecule has 0 fully saturated rings. The van der Waals surface area contributed by atoms with E-state index in [1.807, 2.05) is 0 Å². The molecule has 0 spiro atoms. The third-order valence-corrected chi connectivity index (χ3v) is 4.55. The van der Waals surface area contributed by atoms with E-state index in [0.717, 1.165) is 19.1 Å². The number of hydrogen-bond acceptors (Lipinski definition) is 6. The van der Waals surface area contributed by atoms with E-state index in [2.05, 4.69) is 14.7 Å². The van der Waals surface area contributed by atoms with E-state index in [4.69, 9.17) is 11.6 Å². The van der Waals surface area contributed by atoms with Crippen molar-refractivity contribution in [1.82, 2.24) is 5.43 Å². The molecule has 0 aliphatic carbocycles. The van der Waals surface area contributed by atoms with Crippen LogP contribution in [0.25, 0.3) is 0 Å². The van der Waals surface area contributed by atoms with Crippen molar-refractivity contribution in [3.8, 4) is 5.75 Å². The van der Waals surface area contributed by atoms with E-state index in [1.54, 1.807) is 12.1 Å². The van der Waals surface area contributed by atoms with Crippen molar-refractivity contribution in [2.45, 2.75) is 12.4 Å². The highest BCUT2D eigenvalue weighted by Crippen LogP contribution is 2.27. The lowest BCUT2D eigenvalue weighted by Gasteiger charge is -2.11. The topological polar surface area (TPSA) is 102 Å². The number of nitrogens with one attached hydrogen (secondary N) is 1. The van der Waals surface area contributed by atoms with Crippen LogP contribution in [0.1, 0.15) is 18.1 Å². The summed E-state index contributed by atoms with van der Waals surface area (Å²) >= 11 is 5.83. The van der Waals surface area contributed by atoms with Crippen molar-refractivity contribution in [3.05, 3.63) is 64.7 Å². The lowest BCUT2D eigenvalue weighted by atomic mass is 10.0. The first kappa shape index (κ1) is 22.4. The van der Waals surface area contributed by atoms with Gasteiger partial charge in [0.1, 0.15) is 5.75 Å². The van der Waals surface area contributed by atoms with Crippen molar-refractivity contribution < 1.29 is 35.4 Å². The maximum absolute atomic E-state index is 12.4. The van der Waals surface area contributed by atoms with E-state index in [-0.39, 0.29) is 11.3 Å². The van der Waals surface area contributed by atoms with Crippen molar-refractivity contribution in [2.24, 2.45) is 5.10 Å². The Hall–Kier alpha value is -2.92. The molecule has 12 heteroatoms. The predicted molar refractivity (Wildman–Crippen MR) is 98.0 cm³/mol. The van der Waals surface area contributed by atoms with E-state index < -0.39 is 33.1 Å². The van der Waals surface area contributed by atoms with Crippen LogP contribution in [0.4, 0.5) is 13.2 Å². The van der Waals surface area contributed by atoms with Gasteiger partial charge in [-0.15, -0.1) is 0 Å². The van der Waals surface area contributed by atoms with Crippen LogP contribution in [0, 0.1) is 0 Å². The van der Waals surface area contributed by atoms with Crippen molar-refractivity contribution in [1.29, 1.82) is 0 Å². The number of nitrogens with zero attached hydrogens (tertiary/aromatic N) is 1. The van der Waals surface area contributed by atoms with Gasteiger partial charge in [-0.25, -0.2) is 5.43 Å². The molecule has 0 saturated heterocycles. The predicted octanol–water partition coefficient (Wildman–Crippen LogP) is 3.03. The van der Waals surface area contributed by atoms with E-state index in [0.29, 0.717) is 10.6 Å². The summed E-state index contributed by atoms with van der Waals surface area (Å²) < 4.78 is 63.4. The summed E-state index contributed by atoms with van der Waals surface area (Å²) in [6, 6.07) is 10.6. The van der Waals surface area contributed by atoms with Gasteiger partial charge in [0.2, 0.25) is 5.78 Å². The maximum Gasteiger partial charge on any atom is 0.534 e. The molecular formula is C17H12ClF3N2O5S. The largest absolute Gasteiger partial charge is 0.534 e. The molecule has 29 heavy (non-hydrogen) atoms. The molecule has 0 unspecified atom stereocenters. The minimum Gasteiger partial charge on any atom is -0.376 e. The number of rotatable bonds is 6. The lowest BCUT2D eigenvalue weighted by Crippen LogP contribution is -2.28. The van der Waals surface area contributed by atoms with Gasteiger partial charge < -0.3 is 4.18 Å². The number of ketones is 1. The van der Waals surface area contributed by atoms with Crippen molar-refractivity contribution in [3.63, 3.8) is 0 Å². The van der Waals surface area contributed by atoms with Crippen LogP contribution >= 0.6 is 11.6 Å². The zero-order chi connectivity index (χ0) is 21.8. The molecule has 2 aromatic rings. The number of hydrazone groups is 1. The van der Waals surface area contributed by atoms with Gasteiger partial charge in [-0.2, -0.15) is 26.7 Å². The van der Waals surface area contributed by atoms with Gasteiger partial charge in [-0.3, -0.25) is 9.59 Å². The Bertz CT molecular complexity index is 1050. The minimum absolute atomic E-state index is 0.140. The highest BCUT2D eigenvalue weighted by atomic mass is 35.5. The normalized spacial score (nSPS) is 12.4. The Kier molecular flexibility index (Phi) is 6.65. The number of carbonyl (C=O) groups excluding carboxylic acids is 2. The van der Waals surface area contributed by atoms with E-state index in [9.17, 15) is 31.2 Å². The number of carbonyl (C=O) groups is 2. The van der Waals surface area contributed by atoms with Crippen LogP contribution in [-0.4, -0.2) is 31.3 Å². The van der Waals surface area contributed by atoms with Gasteiger partial charge >= 0.3 is 21.5 Å². The van der Waals surface area contributed by atoms with Gasteiger partial charge in [0.25, 0.3) is 0 Å². The molecule has 0 aliphatic heterocycles. The fraction of sp³-hybridized carbons (Fsp3) is 0.118.